The zero-order valence-corrected chi connectivity index (χ0v) is 9.57. The molecule has 0 spiro atoms. The molecule has 0 saturated carbocycles. The minimum absolute atomic E-state index is 1.02. The van der Waals surface area contributed by atoms with E-state index in [4.69, 9.17) is 0 Å². The highest BCUT2D eigenvalue weighted by molar-refractivity contribution is 14.1. The van der Waals surface area contributed by atoms with Crippen molar-refractivity contribution in [3.05, 3.63) is 0 Å². The Hall–Kier alpha value is 1.04. The second kappa shape index (κ2) is 8.14. The summed E-state index contributed by atoms with van der Waals surface area (Å²) in [5.41, 5.74) is 0. The molecule has 0 atom stereocenters. The molecule has 0 aromatic rings. The van der Waals surface area contributed by atoms with Gasteiger partial charge in [-0.25, -0.2) is 4.31 Å². The van der Waals surface area contributed by atoms with Crippen molar-refractivity contribution in [3.8, 4) is 0 Å². The molecule has 0 aliphatic rings. The van der Waals surface area contributed by atoms with E-state index in [1.54, 1.807) is 0 Å². The number of unbranched alkanes of at least 4 members (excludes halogenated alkanes) is 3. The van der Waals surface area contributed by atoms with Gasteiger partial charge in [-0.2, -0.15) is 0 Å². The molecule has 0 unspecified atom stereocenters. The maximum absolute atomic E-state index is 4.26. The summed E-state index contributed by atoms with van der Waals surface area (Å²) in [6.07, 6.45) is 5.32. The first-order valence-corrected chi connectivity index (χ1v) is 5.73. The van der Waals surface area contributed by atoms with E-state index in [0.717, 1.165) is 11.1 Å². The Labute approximate surface area is 83.2 Å². The van der Waals surface area contributed by atoms with Crippen LogP contribution >= 0.6 is 35.4 Å². The zero-order valence-electron chi connectivity index (χ0n) is 6.52. The van der Waals surface area contributed by atoms with Gasteiger partial charge in [0.05, 0.1) is 4.55 Å². The third kappa shape index (κ3) is 7.15. The van der Waals surface area contributed by atoms with Crippen LogP contribution in [0.2, 0.25) is 0 Å². The molecule has 0 N–H and O–H groups in total. The van der Waals surface area contributed by atoms with Crippen molar-refractivity contribution in [2.45, 2.75) is 32.6 Å². The van der Waals surface area contributed by atoms with Crippen LogP contribution < -0.4 is 0 Å². The quantitative estimate of drug-likeness (QED) is 0.256. The van der Waals surface area contributed by atoms with Crippen molar-refractivity contribution >= 4 is 35.4 Å². The summed E-state index contributed by atoms with van der Waals surface area (Å²) in [7, 11) is 0. The molecule has 3 heteroatoms. The van der Waals surface area contributed by atoms with E-state index in [0.29, 0.717) is 0 Å². The molecule has 0 aromatic heterocycles. The van der Waals surface area contributed by atoms with Gasteiger partial charge in [-0.1, -0.05) is 61.6 Å². The lowest BCUT2D eigenvalue weighted by atomic mass is 10.2. The van der Waals surface area contributed by atoms with E-state index in [-0.39, 0.29) is 0 Å². The Balaban J connectivity index is 2.89. The zero-order chi connectivity index (χ0) is 7.82. The largest absolute Gasteiger partial charge is 0.243 e. The summed E-state index contributed by atoms with van der Waals surface area (Å²) in [4.78, 5) is 0. The van der Waals surface area contributed by atoms with Crippen molar-refractivity contribution in [2.75, 3.05) is 11.1 Å². The van der Waals surface area contributed by atoms with Crippen molar-refractivity contribution < 1.29 is 0 Å². The highest BCUT2D eigenvalue weighted by atomic mass is 127. The molecule has 0 fully saturated rings. The minimum atomic E-state index is 1.02. The summed E-state index contributed by atoms with van der Waals surface area (Å²) in [6.45, 7) is 3.36. The molecule has 0 aromatic carbocycles. The Kier molecular flexibility index (Phi) is 8.99. The topological polar surface area (TPSA) is 3.24 Å². The highest BCUT2D eigenvalue weighted by Gasteiger charge is 1.94. The van der Waals surface area contributed by atoms with Crippen LogP contribution in [0.4, 0.5) is 0 Å². The number of hydrogen-bond acceptors (Lipinski definition) is 2. The molecule has 0 saturated heterocycles. The van der Waals surface area contributed by atoms with Gasteiger partial charge < -0.3 is 0 Å². The van der Waals surface area contributed by atoms with E-state index in [1.807, 2.05) is 0 Å². The molecule has 0 aliphatic heterocycles. The van der Waals surface area contributed by atoms with E-state index in [2.05, 4.69) is 46.6 Å². The van der Waals surface area contributed by atoms with Crippen molar-refractivity contribution in [1.29, 1.82) is 0 Å². The molecule has 1 nitrogen and oxygen atoms in total. The molecule has 62 valence electrons. The molecular weight excluding hydrogens is 257 g/mol. The van der Waals surface area contributed by atoms with E-state index >= 15 is 0 Å². The molecule has 0 amide bonds. The Morgan fingerprint density at radius 3 is 2.50 bits per heavy atom. The van der Waals surface area contributed by atoms with Crippen LogP contribution in [0, 0.1) is 0 Å². The third-order valence-corrected chi connectivity index (χ3v) is 3.11. The van der Waals surface area contributed by atoms with Crippen LogP contribution in [-0.4, -0.2) is 15.4 Å². The number of thiol groups is 1. The van der Waals surface area contributed by atoms with Gasteiger partial charge in [0.25, 0.3) is 0 Å². The minimum Gasteiger partial charge on any atom is -0.243 e. The van der Waals surface area contributed by atoms with Crippen LogP contribution in [-0.2, 0) is 0 Å². The van der Waals surface area contributed by atoms with Gasteiger partial charge in [0.1, 0.15) is 0 Å². The van der Waals surface area contributed by atoms with Crippen LogP contribution in [0.15, 0.2) is 0 Å². The standard InChI is InChI=1S/C7H16INS/c1-2-3-4-5-6-9(10)7-8/h10H,2-7H2,1H3. The Morgan fingerprint density at radius 2 is 2.00 bits per heavy atom. The summed E-state index contributed by atoms with van der Waals surface area (Å²) in [5, 5.41) is 0. The summed E-state index contributed by atoms with van der Waals surface area (Å²) < 4.78 is 3.07. The average molecular weight is 273 g/mol. The summed E-state index contributed by atoms with van der Waals surface area (Å²) in [6, 6.07) is 0. The van der Waals surface area contributed by atoms with Crippen LogP contribution in [0.5, 0.6) is 0 Å². The van der Waals surface area contributed by atoms with Gasteiger partial charge >= 0.3 is 0 Å². The van der Waals surface area contributed by atoms with Gasteiger partial charge in [-0.3, -0.25) is 0 Å². The average Bonchev–Trinajstić information content (AvgIpc) is 1.98. The normalized spacial score (nSPS) is 10.8. The number of hydrogen-bond donors (Lipinski definition) is 1. The smallest absolute Gasteiger partial charge is 0.0606 e. The van der Waals surface area contributed by atoms with Crippen LogP contribution in [0.1, 0.15) is 32.6 Å². The third-order valence-electron chi connectivity index (χ3n) is 1.41. The fourth-order valence-corrected chi connectivity index (χ4v) is 1.26. The van der Waals surface area contributed by atoms with Gasteiger partial charge in [0.2, 0.25) is 0 Å². The van der Waals surface area contributed by atoms with Gasteiger partial charge in [-0.05, 0) is 6.42 Å². The lowest BCUT2D eigenvalue weighted by Gasteiger charge is -2.09. The predicted molar refractivity (Wildman–Crippen MR) is 58.7 cm³/mol. The Morgan fingerprint density at radius 1 is 1.30 bits per heavy atom. The van der Waals surface area contributed by atoms with Crippen molar-refractivity contribution in [3.63, 3.8) is 0 Å². The monoisotopic (exact) mass is 273 g/mol. The fraction of sp³-hybridized carbons (Fsp3) is 1.00. The molecular formula is C7H16INS. The second-order valence-corrected chi connectivity index (χ2v) is 3.66. The lowest BCUT2D eigenvalue weighted by Crippen LogP contribution is -2.10. The maximum atomic E-state index is 4.26. The fourth-order valence-electron chi connectivity index (χ4n) is 0.781. The lowest BCUT2D eigenvalue weighted by molar-refractivity contribution is 0.515. The van der Waals surface area contributed by atoms with Gasteiger partial charge in [-0.15, -0.1) is 0 Å². The van der Waals surface area contributed by atoms with Gasteiger partial charge in [0, 0.05) is 6.54 Å². The predicted octanol–water partition coefficient (Wildman–Crippen LogP) is 3.11. The molecule has 0 bridgehead atoms. The molecule has 0 aliphatic carbocycles. The molecule has 10 heavy (non-hydrogen) atoms. The molecule has 0 radical (unpaired) electrons. The number of rotatable bonds is 6. The number of nitrogens with zero attached hydrogens (tertiary/aromatic N) is 1. The SMILES string of the molecule is CCCCCCN(S)CI. The second-order valence-electron chi connectivity index (χ2n) is 2.41. The van der Waals surface area contributed by atoms with E-state index < -0.39 is 0 Å². The summed E-state index contributed by atoms with van der Waals surface area (Å²) in [5.74, 6) is 0. The van der Waals surface area contributed by atoms with Crippen LogP contribution in [0.25, 0.3) is 0 Å². The Bertz CT molecular complexity index is 70.6. The number of halogens is 1. The highest BCUT2D eigenvalue weighted by Crippen LogP contribution is 2.04. The van der Waals surface area contributed by atoms with Gasteiger partial charge in [0.15, 0.2) is 0 Å². The summed E-state index contributed by atoms with van der Waals surface area (Å²) >= 11 is 6.58. The van der Waals surface area contributed by atoms with E-state index in [1.165, 1.54) is 25.7 Å². The first kappa shape index (κ1) is 11.0. The first-order valence-electron chi connectivity index (χ1n) is 3.81. The van der Waals surface area contributed by atoms with E-state index in [9.17, 15) is 0 Å². The van der Waals surface area contributed by atoms with Crippen molar-refractivity contribution in [2.24, 2.45) is 0 Å². The maximum Gasteiger partial charge on any atom is 0.0606 e. The first-order chi connectivity index (χ1) is 4.81. The molecule has 0 rings (SSSR count). The van der Waals surface area contributed by atoms with Crippen LogP contribution in [0.3, 0.4) is 0 Å². The van der Waals surface area contributed by atoms with Crippen molar-refractivity contribution in [1.82, 2.24) is 4.31 Å². The molecule has 0 heterocycles. The number of alkyl halides is 1.